The molecule has 1 aliphatic heterocycles. The fraction of sp³-hybridized carbons (Fsp3) is 0.531. The zero-order chi connectivity index (χ0) is 29.5. The second kappa shape index (κ2) is 11.6. The van der Waals surface area contributed by atoms with E-state index in [9.17, 15) is 14.4 Å². The van der Waals surface area contributed by atoms with E-state index in [4.69, 9.17) is 28.3 Å². The van der Waals surface area contributed by atoms with E-state index in [1.807, 2.05) is 24.3 Å². The molecule has 0 radical (unpaired) electrons. The predicted molar refractivity (Wildman–Crippen MR) is 160 cm³/mol. The summed E-state index contributed by atoms with van der Waals surface area (Å²) in [7, 11) is 0. The maximum atomic E-state index is 14.4. The molecule has 2 aliphatic carbocycles. The van der Waals surface area contributed by atoms with Gasteiger partial charge in [-0.25, -0.2) is 0 Å². The van der Waals surface area contributed by atoms with Crippen molar-refractivity contribution in [2.24, 2.45) is 17.3 Å². The van der Waals surface area contributed by atoms with Crippen molar-refractivity contribution in [3.8, 4) is 0 Å². The number of hydrogen-bond acceptors (Lipinski definition) is 4. The molecule has 220 valence electrons. The molecule has 2 saturated carbocycles. The van der Waals surface area contributed by atoms with Crippen LogP contribution < -0.4 is 10.6 Å². The van der Waals surface area contributed by atoms with E-state index >= 15 is 0 Å². The number of benzene rings is 2. The molecular formula is C32H39Cl2N3O4. The maximum absolute atomic E-state index is 14.4. The lowest BCUT2D eigenvalue weighted by Crippen LogP contribution is -2.56. The molecule has 3 N–H and O–H groups in total. The molecule has 1 saturated heterocycles. The monoisotopic (exact) mass is 599 g/mol. The number of amides is 2. The van der Waals surface area contributed by atoms with Gasteiger partial charge in [-0.2, -0.15) is 0 Å². The molecule has 2 unspecified atom stereocenters. The highest BCUT2D eigenvalue weighted by atomic mass is 35.5. The smallest absolute Gasteiger partial charge is 0.305 e. The number of carbonyl (C=O) groups is 3. The van der Waals surface area contributed by atoms with Crippen LogP contribution in [0.15, 0.2) is 42.5 Å². The van der Waals surface area contributed by atoms with Crippen molar-refractivity contribution < 1.29 is 19.5 Å². The Kier molecular flexibility index (Phi) is 8.44. The summed E-state index contributed by atoms with van der Waals surface area (Å²) in [5.74, 6) is -0.320. The normalized spacial score (nSPS) is 25.4. The number of carbonyl (C=O) groups excluding carboxylic acids is 2. The summed E-state index contributed by atoms with van der Waals surface area (Å²) >= 11 is 12.7. The third-order valence-corrected chi connectivity index (χ3v) is 9.54. The quantitative estimate of drug-likeness (QED) is 0.311. The lowest BCUT2D eigenvalue weighted by atomic mass is 9.69. The minimum absolute atomic E-state index is 0.0323. The van der Waals surface area contributed by atoms with E-state index in [0.29, 0.717) is 27.4 Å². The molecule has 1 heterocycles. The molecule has 0 bridgehead atoms. The fourth-order valence-electron chi connectivity index (χ4n) is 6.73. The molecule has 7 nitrogen and oxygen atoms in total. The lowest BCUT2D eigenvalue weighted by molar-refractivity contribution is -0.138. The second-order valence-electron chi connectivity index (χ2n) is 13.0. The van der Waals surface area contributed by atoms with Crippen LogP contribution in [0.4, 0.5) is 0 Å². The van der Waals surface area contributed by atoms with Crippen molar-refractivity contribution in [1.29, 1.82) is 0 Å². The predicted octanol–water partition coefficient (Wildman–Crippen LogP) is 6.75. The lowest BCUT2D eigenvalue weighted by Gasteiger charge is -2.49. The summed E-state index contributed by atoms with van der Waals surface area (Å²) in [6, 6.07) is 12.1. The third kappa shape index (κ3) is 6.42. The highest BCUT2D eigenvalue weighted by Gasteiger charge is 2.57. The van der Waals surface area contributed by atoms with Crippen LogP contribution in [0.3, 0.4) is 0 Å². The van der Waals surface area contributed by atoms with Gasteiger partial charge in [-0.1, -0.05) is 56.1 Å². The van der Waals surface area contributed by atoms with E-state index in [-0.39, 0.29) is 36.2 Å². The van der Waals surface area contributed by atoms with E-state index < -0.39 is 17.7 Å². The molecule has 2 atom stereocenters. The molecule has 2 aromatic rings. The van der Waals surface area contributed by atoms with Gasteiger partial charge in [-0.15, -0.1) is 0 Å². The number of aliphatic carboxylic acids is 1. The van der Waals surface area contributed by atoms with Crippen LogP contribution in [0.5, 0.6) is 0 Å². The van der Waals surface area contributed by atoms with Crippen LogP contribution in [-0.2, 0) is 9.59 Å². The minimum Gasteiger partial charge on any atom is -0.481 e. The highest BCUT2D eigenvalue weighted by molar-refractivity contribution is 6.34. The van der Waals surface area contributed by atoms with Gasteiger partial charge < -0.3 is 15.3 Å². The van der Waals surface area contributed by atoms with Gasteiger partial charge in [0.05, 0.1) is 18.1 Å². The first-order valence-corrected chi connectivity index (χ1v) is 15.3. The van der Waals surface area contributed by atoms with Gasteiger partial charge in [-0.3, -0.25) is 19.7 Å². The second-order valence-corrected chi connectivity index (χ2v) is 13.8. The Morgan fingerprint density at radius 1 is 1.05 bits per heavy atom. The van der Waals surface area contributed by atoms with Gasteiger partial charge in [0.15, 0.2) is 0 Å². The van der Waals surface area contributed by atoms with Crippen LogP contribution in [0.2, 0.25) is 10.0 Å². The summed E-state index contributed by atoms with van der Waals surface area (Å²) in [6.45, 7) is 6.96. The molecule has 2 amide bonds. The Morgan fingerprint density at radius 3 is 2.20 bits per heavy atom. The number of nitrogens with zero attached hydrogens (tertiary/aromatic N) is 1. The van der Waals surface area contributed by atoms with Crippen LogP contribution in [0, 0.1) is 17.3 Å². The van der Waals surface area contributed by atoms with E-state index in [0.717, 1.165) is 49.7 Å². The van der Waals surface area contributed by atoms with E-state index in [1.165, 1.54) is 0 Å². The summed E-state index contributed by atoms with van der Waals surface area (Å²) in [6.07, 6.45) is 5.72. The summed E-state index contributed by atoms with van der Waals surface area (Å²) in [5.41, 5.74) is 1.96. The van der Waals surface area contributed by atoms with Crippen molar-refractivity contribution in [3.05, 3.63) is 69.2 Å². The number of rotatable bonds is 8. The van der Waals surface area contributed by atoms with Gasteiger partial charge in [0, 0.05) is 22.2 Å². The Morgan fingerprint density at radius 2 is 1.66 bits per heavy atom. The molecule has 9 heteroatoms. The van der Waals surface area contributed by atoms with Crippen molar-refractivity contribution in [3.63, 3.8) is 0 Å². The van der Waals surface area contributed by atoms with Gasteiger partial charge in [0.2, 0.25) is 5.91 Å². The van der Waals surface area contributed by atoms with Gasteiger partial charge >= 0.3 is 5.97 Å². The van der Waals surface area contributed by atoms with Gasteiger partial charge in [0.25, 0.3) is 5.91 Å². The first-order chi connectivity index (χ1) is 19.4. The minimum atomic E-state index is -0.958. The molecular weight excluding hydrogens is 561 g/mol. The molecule has 2 aromatic carbocycles. The topological polar surface area (TPSA) is 98.7 Å². The fourth-order valence-corrected chi connectivity index (χ4v) is 7.27. The number of nitrogens with one attached hydrogen (secondary N) is 2. The SMILES string of the molecule is CC(C)(C)C1CCC2(CC1)NC(c1cc(Cl)cc(Cl)c1)C(=O)N2C(c1ccc(C(=O)NCCC(=O)O)cc1)C1CC1. The van der Waals surface area contributed by atoms with Gasteiger partial charge in [-0.05, 0) is 97.2 Å². The van der Waals surface area contributed by atoms with Crippen molar-refractivity contribution in [2.45, 2.75) is 83.5 Å². The van der Waals surface area contributed by atoms with Crippen LogP contribution in [0.25, 0.3) is 0 Å². The van der Waals surface area contributed by atoms with Gasteiger partial charge in [0.1, 0.15) is 6.04 Å². The molecule has 3 aliphatic rings. The van der Waals surface area contributed by atoms with Crippen molar-refractivity contribution >= 4 is 41.0 Å². The number of hydrogen-bond donors (Lipinski definition) is 3. The first-order valence-electron chi connectivity index (χ1n) is 14.5. The zero-order valence-corrected chi connectivity index (χ0v) is 25.4. The van der Waals surface area contributed by atoms with Crippen molar-refractivity contribution in [1.82, 2.24) is 15.5 Å². The molecule has 41 heavy (non-hydrogen) atoms. The van der Waals surface area contributed by atoms with Crippen LogP contribution >= 0.6 is 23.2 Å². The Balaban J connectivity index is 1.47. The third-order valence-electron chi connectivity index (χ3n) is 9.10. The molecule has 0 aromatic heterocycles. The van der Waals surface area contributed by atoms with E-state index in [2.05, 4.69) is 36.3 Å². The molecule has 3 fully saturated rings. The summed E-state index contributed by atoms with van der Waals surface area (Å²) < 4.78 is 0. The number of carboxylic acid groups (broad SMARTS) is 1. The van der Waals surface area contributed by atoms with Crippen LogP contribution in [0.1, 0.15) is 99.3 Å². The number of halogens is 2. The summed E-state index contributed by atoms with van der Waals surface area (Å²) in [5, 5.41) is 16.3. The van der Waals surface area contributed by atoms with Crippen molar-refractivity contribution in [2.75, 3.05) is 6.54 Å². The Labute approximate surface area is 252 Å². The first kappa shape index (κ1) is 29.9. The zero-order valence-electron chi connectivity index (χ0n) is 23.9. The number of carboxylic acids is 1. The Hall–Kier alpha value is -2.61. The molecule has 1 spiro atoms. The standard InChI is InChI=1S/C32H39Cl2N3O4/c1-31(2,3)23-10-13-32(14-11-23)36-27(22-16-24(33)18-25(34)17-22)30(41)37(32)28(19-4-5-19)20-6-8-21(9-7-20)29(40)35-15-12-26(38)39/h6-9,16-19,23,27-28,36H,4-5,10-15H2,1-3H3,(H,35,40)(H,38,39). The summed E-state index contributed by atoms with van der Waals surface area (Å²) in [4.78, 5) is 39.9. The molecule has 5 rings (SSSR count). The highest BCUT2D eigenvalue weighted by Crippen LogP contribution is 2.54. The average molecular weight is 601 g/mol. The van der Waals surface area contributed by atoms with E-state index in [1.54, 1.807) is 18.2 Å². The maximum Gasteiger partial charge on any atom is 0.305 e. The Bertz CT molecular complexity index is 1290. The van der Waals surface area contributed by atoms with Crippen LogP contribution in [-0.4, -0.2) is 40.0 Å². The average Bonchev–Trinajstić information content (AvgIpc) is 3.70. The largest absolute Gasteiger partial charge is 0.481 e.